The fraction of sp³-hybridized carbons (Fsp3) is 0.263. The standard InChI is InChI=1S/C19H18F3N3OS2/c1-12-4-6-14(7-5-12)17-11-27-18(24-17)25-28(3,26)13(2)15-8-16(10-23-9-15)19(20,21)22/h4-11,13H,1-3H3. The molecule has 2 aromatic heterocycles. The molecule has 2 atom stereocenters. The van der Waals surface area contributed by atoms with Crippen molar-refractivity contribution in [3.63, 3.8) is 0 Å². The molecule has 0 bridgehead atoms. The van der Waals surface area contributed by atoms with Crippen molar-refractivity contribution in [2.24, 2.45) is 4.36 Å². The Hall–Kier alpha value is -2.26. The Morgan fingerprint density at radius 1 is 1.18 bits per heavy atom. The minimum absolute atomic E-state index is 0.224. The van der Waals surface area contributed by atoms with Crippen molar-refractivity contribution >= 4 is 26.2 Å². The van der Waals surface area contributed by atoms with Crippen molar-refractivity contribution in [3.8, 4) is 11.3 Å². The van der Waals surface area contributed by atoms with Crippen LogP contribution in [0.3, 0.4) is 0 Å². The fourth-order valence-electron chi connectivity index (χ4n) is 2.48. The number of benzene rings is 1. The molecule has 148 valence electrons. The van der Waals surface area contributed by atoms with Gasteiger partial charge in [0, 0.05) is 29.6 Å². The third-order valence-electron chi connectivity index (χ3n) is 4.31. The van der Waals surface area contributed by atoms with Crippen LogP contribution in [0, 0.1) is 6.92 Å². The summed E-state index contributed by atoms with van der Waals surface area (Å²) < 4.78 is 56.1. The number of rotatable bonds is 4. The van der Waals surface area contributed by atoms with Gasteiger partial charge in [0.2, 0.25) is 5.13 Å². The molecular weight excluding hydrogens is 407 g/mol. The van der Waals surface area contributed by atoms with Gasteiger partial charge in [0.15, 0.2) is 0 Å². The van der Waals surface area contributed by atoms with Gasteiger partial charge in [0.25, 0.3) is 0 Å². The number of aromatic nitrogens is 2. The van der Waals surface area contributed by atoms with Crippen LogP contribution in [0.15, 0.2) is 52.5 Å². The van der Waals surface area contributed by atoms with Crippen molar-refractivity contribution in [1.82, 2.24) is 9.97 Å². The monoisotopic (exact) mass is 425 g/mol. The average Bonchev–Trinajstić information content (AvgIpc) is 3.08. The molecule has 0 spiro atoms. The molecule has 0 fully saturated rings. The van der Waals surface area contributed by atoms with E-state index in [-0.39, 0.29) is 5.56 Å². The molecule has 0 saturated heterocycles. The largest absolute Gasteiger partial charge is 0.417 e. The van der Waals surface area contributed by atoms with Crippen molar-refractivity contribution in [2.75, 3.05) is 6.26 Å². The van der Waals surface area contributed by atoms with Crippen LogP contribution in [0.4, 0.5) is 18.3 Å². The van der Waals surface area contributed by atoms with E-state index in [0.29, 0.717) is 10.8 Å². The number of nitrogens with zero attached hydrogens (tertiary/aromatic N) is 3. The molecule has 2 unspecified atom stereocenters. The van der Waals surface area contributed by atoms with E-state index in [2.05, 4.69) is 14.3 Å². The highest BCUT2D eigenvalue weighted by Crippen LogP contribution is 2.34. The molecule has 0 saturated carbocycles. The Morgan fingerprint density at radius 2 is 1.86 bits per heavy atom. The van der Waals surface area contributed by atoms with Crippen LogP contribution < -0.4 is 0 Å². The molecule has 28 heavy (non-hydrogen) atoms. The van der Waals surface area contributed by atoms with Crippen molar-refractivity contribution in [2.45, 2.75) is 25.3 Å². The Bertz CT molecular complexity index is 1100. The molecule has 0 aliphatic carbocycles. The average molecular weight is 426 g/mol. The fourth-order valence-corrected chi connectivity index (χ4v) is 4.80. The number of pyridine rings is 1. The lowest BCUT2D eigenvalue weighted by atomic mass is 10.1. The number of thiazole rings is 1. The molecular formula is C19H18F3N3OS2. The Labute approximate surface area is 165 Å². The molecule has 3 aromatic rings. The topological polar surface area (TPSA) is 55.2 Å². The van der Waals surface area contributed by atoms with E-state index in [1.165, 1.54) is 23.8 Å². The van der Waals surface area contributed by atoms with E-state index in [1.54, 1.807) is 6.92 Å². The summed E-state index contributed by atoms with van der Waals surface area (Å²) in [5, 5.41) is 1.40. The van der Waals surface area contributed by atoms with Gasteiger partial charge in [-0.2, -0.15) is 17.5 Å². The van der Waals surface area contributed by atoms with Gasteiger partial charge in [-0.05, 0) is 25.5 Å². The first kappa shape index (κ1) is 20.5. The zero-order valence-corrected chi connectivity index (χ0v) is 17.0. The number of aryl methyl sites for hydroxylation is 1. The second kappa shape index (κ2) is 7.63. The lowest BCUT2D eigenvalue weighted by Crippen LogP contribution is -2.11. The second-order valence-corrected chi connectivity index (χ2v) is 9.93. The van der Waals surface area contributed by atoms with Gasteiger partial charge < -0.3 is 0 Å². The third-order valence-corrected chi connectivity index (χ3v) is 7.28. The Balaban J connectivity index is 1.91. The minimum Gasteiger partial charge on any atom is -0.264 e. The summed E-state index contributed by atoms with van der Waals surface area (Å²) in [4.78, 5) is 8.05. The molecule has 0 N–H and O–H groups in total. The SMILES string of the molecule is Cc1ccc(-c2csc(N=S(C)(=O)C(C)c3cncc(C(F)(F)F)c3)n2)cc1. The zero-order valence-electron chi connectivity index (χ0n) is 15.4. The smallest absolute Gasteiger partial charge is 0.264 e. The first-order chi connectivity index (χ1) is 13.1. The summed E-state index contributed by atoms with van der Waals surface area (Å²) in [5.41, 5.74) is 2.11. The molecule has 0 aliphatic heterocycles. The molecule has 9 heteroatoms. The van der Waals surface area contributed by atoms with Crippen LogP contribution in [-0.2, 0) is 15.9 Å². The molecule has 4 nitrogen and oxygen atoms in total. The number of hydrogen-bond acceptors (Lipinski definition) is 5. The summed E-state index contributed by atoms with van der Waals surface area (Å²) in [6.45, 7) is 3.57. The van der Waals surface area contributed by atoms with E-state index >= 15 is 0 Å². The lowest BCUT2D eigenvalue weighted by molar-refractivity contribution is -0.137. The molecule has 2 heterocycles. The third kappa shape index (κ3) is 4.59. The van der Waals surface area contributed by atoms with Crippen LogP contribution in [0.1, 0.15) is 28.9 Å². The molecule has 0 aliphatic rings. The summed E-state index contributed by atoms with van der Waals surface area (Å²) in [6.07, 6.45) is -1.05. The van der Waals surface area contributed by atoms with Crippen LogP contribution in [0.25, 0.3) is 11.3 Å². The van der Waals surface area contributed by atoms with E-state index in [1.807, 2.05) is 36.6 Å². The van der Waals surface area contributed by atoms with Gasteiger partial charge in [-0.25, -0.2) is 9.19 Å². The Morgan fingerprint density at radius 3 is 2.50 bits per heavy atom. The van der Waals surface area contributed by atoms with Gasteiger partial charge in [-0.3, -0.25) is 4.98 Å². The predicted octanol–water partition coefficient (Wildman–Crippen LogP) is 6.02. The lowest BCUT2D eigenvalue weighted by Gasteiger charge is -2.15. The number of halogens is 3. The maximum atomic E-state index is 13.1. The number of hydrogen-bond donors (Lipinski definition) is 0. The van der Waals surface area contributed by atoms with Gasteiger partial charge in [-0.1, -0.05) is 29.8 Å². The van der Waals surface area contributed by atoms with Crippen molar-refractivity contribution in [1.29, 1.82) is 0 Å². The van der Waals surface area contributed by atoms with Gasteiger partial charge in [-0.15, -0.1) is 11.3 Å². The first-order valence-electron chi connectivity index (χ1n) is 8.32. The van der Waals surface area contributed by atoms with Crippen LogP contribution in [-0.4, -0.2) is 20.4 Å². The predicted molar refractivity (Wildman–Crippen MR) is 106 cm³/mol. The molecule has 0 radical (unpaired) electrons. The quantitative estimate of drug-likeness (QED) is 0.513. The van der Waals surface area contributed by atoms with E-state index in [4.69, 9.17) is 0 Å². The van der Waals surface area contributed by atoms with Crippen LogP contribution >= 0.6 is 11.3 Å². The van der Waals surface area contributed by atoms with Gasteiger partial charge in [0.1, 0.15) is 0 Å². The highest BCUT2D eigenvalue weighted by atomic mass is 32.2. The normalized spacial score (nSPS) is 15.1. The van der Waals surface area contributed by atoms with Gasteiger partial charge >= 0.3 is 6.18 Å². The summed E-state index contributed by atoms with van der Waals surface area (Å²) in [6, 6.07) is 8.78. The molecule has 0 amide bonds. The molecule has 1 aromatic carbocycles. The minimum atomic E-state index is -4.51. The van der Waals surface area contributed by atoms with E-state index in [0.717, 1.165) is 23.4 Å². The maximum Gasteiger partial charge on any atom is 0.417 e. The number of alkyl halides is 3. The highest BCUT2D eigenvalue weighted by Gasteiger charge is 2.32. The molecule has 3 rings (SSSR count). The maximum absolute atomic E-state index is 13.1. The summed E-state index contributed by atoms with van der Waals surface area (Å²) in [5.74, 6) is 0. The van der Waals surface area contributed by atoms with E-state index in [9.17, 15) is 17.4 Å². The first-order valence-corrected chi connectivity index (χ1v) is 11.2. The van der Waals surface area contributed by atoms with Crippen LogP contribution in [0.2, 0.25) is 0 Å². The second-order valence-electron chi connectivity index (χ2n) is 6.48. The van der Waals surface area contributed by atoms with Gasteiger partial charge in [0.05, 0.1) is 26.2 Å². The Kier molecular flexibility index (Phi) is 5.58. The van der Waals surface area contributed by atoms with Crippen molar-refractivity contribution < 1.29 is 17.4 Å². The van der Waals surface area contributed by atoms with Crippen molar-refractivity contribution in [3.05, 3.63) is 64.8 Å². The van der Waals surface area contributed by atoms with E-state index < -0.39 is 26.7 Å². The van der Waals surface area contributed by atoms with Crippen LogP contribution in [0.5, 0.6) is 0 Å². The summed E-state index contributed by atoms with van der Waals surface area (Å²) >= 11 is 1.24. The summed E-state index contributed by atoms with van der Waals surface area (Å²) in [7, 11) is -2.89. The zero-order chi connectivity index (χ0) is 20.5. The highest BCUT2D eigenvalue weighted by molar-refractivity contribution is 7.93.